The molecule has 0 radical (unpaired) electrons. The highest BCUT2D eigenvalue weighted by Gasteiger charge is 2.23. The minimum Gasteiger partial charge on any atom is -0.342 e. The molecular weight excluding hydrogens is 349 g/mol. The van der Waals surface area contributed by atoms with E-state index in [1.54, 1.807) is 6.92 Å². The second-order valence-electron chi connectivity index (χ2n) is 3.52. The molecule has 0 aromatic heterocycles. The summed E-state index contributed by atoms with van der Waals surface area (Å²) >= 11 is 2.97. The van der Waals surface area contributed by atoms with Crippen molar-refractivity contribution in [3.05, 3.63) is 28.0 Å². The van der Waals surface area contributed by atoms with Crippen LogP contribution < -0.4 is 0 Å². The Labute approximate surface area is 117 Å². The van der Waals surface area contributed by atoms with Crippen molar-refractivity contribution in [2.75, 3.05) is 13.6 Å². The van der Waals surface area contributed by atoms with Gasteiger partial charge in [-0.3, -0.25) is 4.79 Å². The number of amides is 1. The Balaban J connectivity index is 3.48. The molecule has 1 aromatic rings. The molecule has 8 heteroatoms. The Hall–Kier alpha value is -0.660. The highest BCUT2D eigenvalue weighted by molar-refractivity contribution is 9.10. The van der Waals surface area contributed by atoms with Gasteiger partial charge in [-0.2, -0.15) is 0 Å². The van der Waals surface area contributed by atoms with E-state index in [1.807, 2.05) is 0 Å². The van der Waals surface area contributed by atoms with E-state index in [4.69, 9.17) is 10.7 Å². The van der Waals surface area contributed by atoms with E-state index in [9.17, 15) is 17.6 Å². The summed E-state index contributed by atoms with van der Waals surface area (Å²) in [7, 11) is 2.57. The Kier molecular flexibility index (Phi) is 4.74. The lowest BCUT2D eigenvalue weighted by Crippen LogP contribution is -2.27. The van der Waals surface area contributed by atoms with Crippen LogP contribution in [-0.4, -0.2) is 32.8 Å². The maximum Gasteiger partial charge on any atom is 0.262 e. The molecule has 0 unspecified atom stereocenters. The lowest BCUT2D eigenvalue weighted by atomic mass is 10.2. The summed E-state index contributed by atoms with van der Waals surface area (Å²) in [5.74, 6) is -1.34. The second kappa shape index (κ2) is 5.54. The molecule has 0 heterocycles. The van der Waals surface area contributed by atoms with Gasteiger partial charge in [-0.1, -0.05) is 0 Å². The monoisotopic (exact) mass is 357 g/mol. The highest BCUT2D eigenvalue weighted by atomic mass is 79.9. The van der Waals surface area contributed by atoms with Crippen LogP contribution in [-0.2, 0) is 9.05 Å². The molecule has 0 aliphatic rings. The van der Waals surface area contributed by atoms with Crippen LogP contribution in [0.15, 0.2) is 21.5 Å². The maximum absolute atomic E-state index is 13.4. The fourth-order valence-electron chi connectivity index (χ4n) is 1.25. The number of hydrogen-bond donors (Lipinski definition) is 0. The number of rotatable bonds is 3. The van der Waals surface area contributed by atoms with Crippen molar-refractivity contribution in [3.63, 3.8) is 0 Å². The van der Waals surface area contributed by atoms with Crippen LogP contribution in [0.5, 0.6) is 0 Å². The summed E-state index contributed by atoms with van der Waals surface area (Å²) in [4.78, 5) is 12.8. The molecule has 1 amide bonds. The van der Waals surface area contributed by atoms with Gasteiger partial charge in [0.1, 0.15) is 10.7 Å². The predicted molar refractivity (Wildman–Crippen MR) is 69.8 cm³/mol. The Morgan fingerprint density at radius 1 is 1.50 bits per heavy atom. The first-order valence-corrected chi connectivity index (χ1v) is 7.98. The van der Waals surface area contributed by atoms with Gasteiger partial charge in [0.15, 0.2) is 0 Å². The number of halogens is 3. The van der Waals surface area contributed by atoms with E-state index in [0.29, 0.717) is 6.54 Å². The summed E-state index contributed by atoms with van der Waals surface area (Å²) in [5, 5.41) is 0. The molecule has 0 N–H and O–H groups in total. The average molecular weight is 359 g/mol. The van der Waals surface area contributed by atoms with E-state index < -0.39 is 25.7 Å². The van der Waals surface area contributed by atoms with Crippen LogP contribution in [0.25, 0.3) is 0 Å². The van der Waals surface area contributed by atoms with E-state index in [2.05, 4.69) is 15.9 Å². The molecule has 0 fully saturated rings. The van der Waals surface area contributed by atoms with Crippen molar-refractivity contribution in [2.24, 2.45) is 0 Å². The number of benzene rings is 1. The molecule has 0 aliphatic carbocycles. The molecule has 0 saturated carbocycles. The molecule has 1 rings (SSSR count). The van der Waals surface area contributed by atoms with Crippen molar-refractivity contribution in [3.8, 4) is 0 Å². The van der Waals surface area contributed by atoms with E-state index in [0.717, 1.165) is 12.1 Å². The number of carbonyl (C=O) groups is 1. The molecule has 4 nitrogen and oxygen atoms in total. The summed E-state index contributed by atoms with van der Waals surface area (Å²) in [6.45, 7) is 2.15. The van der Waals surface area contributed by atoms with Crippen LogP contribution in [0, 0.1) is 5.82 Å². The third-order valence-electron chi connectivity index (χ3n) is 2.32. The molecule has 0 saturated heterocycles. The fourth-order valence-corrected chi connectivity index (χ4v) is 3.51. The van der Waals surface area contributed by atoms with Crippen molar-refractivity contribution >= 4 is 41.6 Å². The average Bonchev–Trinajstić information content (AvgIpc) is 2.28. The topological polar surface area (TPSA) is 54.5 Å². The Morgan fingerprint density at radius 3 is 2.50 bits per heavy atom. The zero-order chi connectivity index (χ0) is 14.1. The first kappa shape index (κ1) is 15.4. The van der Waals surface area contributed by atoms with Crippen LogP contribution in [0.3, 0.4) is 0 Å². The van der Waals surface area contributed by atoms with Crippen LogP contribution in [0.2, 0.25) is 0 Å². The van der Waals surface area contributed by atoms with Gasteiger partial charge < -0.3 is 4.90 Å². The zero-order valence-corrected chi connectivity index (χ0v) is 12.7. The van der Waals surface area contributed by atoms with Crippen molar-refractivity contribution in [1.29, 1.82) is 0 Å². The third-order valence-corrected chi connectivity index (χ3v) is 4.78. The maximum atomic E-state index is 13.4. The summed E-state index contributed by atoms with van der Waals surface area (Å²) in [6.07, 6.45) is 0. The summed E-state index contributed by atoms with van der Waals surface area (Å²) < 4.78 is 35.8. The van der Waals surface area contributed by atoms with E-state index in [1.165, 1.54) is 11.9 Å². The van der Waals surface area contributed by atoms with Gasteiger partial charge in [0.25, 0.3) is 15.0 Å². The number of hydrogen-bond acceptors (Lipinski definition) is 3. The van der Waals surface area contributed by atoms with Crippen molar-refractivity contribution in [2.45, 2.75) is 11.8 Å². The Morgan fingerprint density at radius 2 is 2.06 bits per heavy atom. The van der Waals surface area contributed by atoms with E-state index in [-0.39, 0.29) is 10.0 Å². The lowest BCUT2D eigenvalue weighted by molar-refractivity contribution is 0.0800. The lowest BCUT2D eigenvalue weighted by Gasteiger charge is -2.16. The molecule has 0 atom stereocenters. The standard InChI is InChI=1S/C10H10BrClFNO3S/c1-3-14(2)10(15)7-4-6(13)5-8(9(7)11)18(12,16)17/h4-5H,3H2,1-2H3. The molecular formula is C10H10BrClFNO3S. The highest BCUT2D eigenvalue weighted by Crippen LogP contribution is 2.30. The fraction of sp³-hybridized carbons (Fsp3) is 0.300. The zero-order valence-electron chi connectivity index (χ0n) is 9.58. The van der Waals surface area contributed by atoms with E-state index >= 15 is 0 Å². The number of carbonyl (C=O) groups excluding carboxylic acids is 1. The molecule has 0 bridgehead atoms. The summed E-state index contributed by atoms with van der Waals surface area (Å²) in [6, 6.07) is 1.72. The molecule has 18 heavy (non-hydrogen) atoms. The van der Waals surface area contributed by atoms with Gasteiger partial charge in [0, 0.05) is 24.3 Å². The quantitative estimate of drug-likeness (QED) is 0.781. The third kappa shape index (κ3) is 3.21. The van der Waals surface area contributed by atoms with Gasteiger partial charge in [-0.15, -0.1) is 0 Å². The first-order chi connectivity index (χ1) is 8.18. The largest absolute Gasteiger partial charge is 0.342 e. The van der Waals surface area contributed by atoms with Gasteiger partial charge >= 0.3 is 0 Å². The predicted octanol–water partition coefficient (Wildman–Crippen LogP) is 2.61. The van der Waals surface area contributed by atoms with Gasteiger partial charge in [0.2, 0.25) is 0 Å². The first-order valence-electron chi connectivity index (χ1n) is 4.87. The molecule has 0 spiro atoms. The molecule has 0 aliphatic heterocycles. The summed E-state index contributed by atoms with van der Waals surface area (Å²) in [5.41, 5.74) is -0.0847. The van der Waals surface area contributed by atoms with Gasteiger partial charge in [-0.25, -0.2) is 12.8 Å². The minimum atomic E-state index is -4.13. The smallest absolute Gasteiger partial charge is 0.262 e. The second-order valence-corrected chi connectivity index (χ2v) is 6.85. The van der Waals surface area contributed by atoms with Crippen LogP contribution >= 0.6 is 26.6 Å². The van der Waals surface area contributed by atoms with Crippen molar-refractivity contribution in [1.82, 2.24) is 4.90 Å². The Bertz CT molecular complexity index is 591. The van der Waals surface area contributed by atoms with Gasteiger partial charge in [-0.05, 0) is 35.0 Å². The van der Waals surface area contributed by atoms with Gasteiger partial charge in [0.05, 0.1) is 10.0 Å². The van der Waals surface area contributed by atoms with Crippen LogP contribution in [0.4, 0.5) is 4.39 Å². The molecule has 1 aromatic carbocycles. The normalized spacial score (nSPS) is 11.4. The number of nitrogens with zero attached hydrogens (tertiary/aromatic N) is 1. The van der Waals surface area contributed by atoms with Crippen molar-refractivity contribution < 1.29 is 17.6 Å². The minimum absolute atomic E-state index is 0.0378. The molecule has 100 valence electrons. The SMILES string of the molecule is CCN(C)C(=O)c1cc(F)cc(S(=O)(=O)Cl)c1Br. The van der Waals surface area contributed by atoms with Crippen LogP contribution in [0.1, 0.15) is 17.3 Å².